The molecule has 0 radical (unpaired) electrons. The number of methoxy groups -OCH3 is 1. The minimum atomic E-state index is -0.729. The summed E-state index contributed by atoms with van der Waals surface area (Å²) in [6.45, 7) is 0.534. The van der Waals surface area contributed by atoms with E-state index in [1.165, 1.54) is 24.3 Å². The minimum absolute atomic E-state index is 0.0474. The predicted octanol–water partition coefficient (Wildman–Crippen LogP) is 5.17. The molecule has 3 heterocycles. The van der Waals surface area contributed by atoms with E-state index >= 15 is 0 Å². The Hall–Kier alpha value is -5.75. The number of rotatable bonds is 10. The third-order valence-electron chi connectivity index (χ3n) is 8.90. The molecule has 1 aromatic heterocycles. The van der Waals surface area contributed by atoms with E-state index in [1.54, 1.807) is 24.1 Å². The zero-order valence-corrected chi connectivity index (χ0v) is 26.0. The van der Waals surface area contributed by atoms with Gasteiger partial charge in [-0.2, -0.15) is 0 Å². The number of hydrogen-bond acceptors (Lipinski definition) is 10. The Balaban J connectivity index is 1.05. The van der Waals surface area contributed by atoms with Gasteiger partial charge in [0.15, 0.2) is 17.6 Å². The number of ether oxygens (including phenoxy) is 3. The topological polar surface area (TPSA) is 160 Å². The maximum Gasteiger partial charge on any atom is 0.233 e. The lowest BCUT2D eigenvalue weighted by atomic mass is 9.79. The van der Waals surface area contributed by atoms with Crippen LogP contribution in [-0.4, -0.2) is 54.5 Å². The fourth-order valence-electron chi connectivity index (χ4n) is 6.46. The second-order valence-corrected chi connectivity index (χ2v) is 11.9. The lowest BCUT2D eigenvalue weighted by molar-refractivity contribution is -0.130. The van der Waals surface area contributed by atoms with Crippen molar-refractivity contribution in [3.8, 4) is 34.5 Å². The van der Waals surface area contributed by atoms with Gasteiger partial charge in [0.2, 0.25) is 5.91 Å². The average molecular weight is 651 g/mol. The monoisotopic (exact) mass is 650 g/mol. The van der Waals surface area contributed by atoms with Gasteiger partial charge in [0.1, 0.15) is 34.8 Å². The molecule has 5 aromatic rings. The number of β-lactam (4-membered cyclic amide) rings is 1. The number of carbonyl (C=O) groups excluding carboxylic acids is 1. The van der Waals surface area contributed by atoms with Crippen LogP contribution >= 0.6 is 0 Å². The van der Waals surface area contributed by atoms with Crippen molar-refractivity contribution in [1.82, 2.24) is 15.0 Å². The Morgan fingerprint density at radius 3 is 2.42 bits per heavy atom. The Kier molecular flexibility index (Phi) is 8.24. The molecule has 2 aliphatic rings. The maximum atomic E-state index is 13.5. The number of aromatic nitrogens is 3. The highest BCUT2D eigenvalue weighted by Crippen LogP contribution is 2.46. The molecule has 0 unspecified atom stereocenters. The second-order valence-electron chi connectivity index (χ2n) is 11.9. The van der Waals surface area contributed by atoms with Crippen LogP contribution in [0.3, 0.4) is 0 Å². The van der Waals surface area contributed by atoms with Gasteiger partial charge in [-0.05, 0) is 53.9 Å². The van der Waals surface area contributed by atoms with Crippen molar-refractivity contribution < 1.29 is 39.4 Å². The van der Waals surface area contributed by atoms with Gasteiger partial charge < -0.3 is 39.5 Å². The van der Waals surface area contributed by atoms with Crippen LogP contribution in [0.25, 0.3) is 0 Å². The van der Waals surface area contributed by atoms with Crippen LogP contribution in [0.1, 0.15) is 41.0 Å². The van der Waals surface area contributed by atoms with Crippen LogP contribution in [0, 0.1) is 5.92 Å². The van der Waals surface area contributed by atoms with E-state index in [0.29, 0.717) is 35.5 Å². The first-order valence-electron chi connectivity index (χ1n) is 15.5. The summed E-state index contributed by atoms with van der Waals surface area (Å²) in [6.07, 6.45) is 1.22. The SMILES string of the molecule is COc1ccc([C@@H]2[C@H](CCn3cc(CO[C@@H]4Cc5c(O)cc(O)cc5O[C@@H]4c4ccc(O)c(O)c4)nn3)C(=O)N2c2ccccc2)cc1. The summed E-state index contributed by atoms with van der Waals surface area (Å²) in [5.41, 5.74) is 3.43. The van der Waals surface area contributed by atoms with Crippen molar-refractivity contribution in [1.29, 1.82) is 0 Å². The van der Waals surface area contributed by atoms with Gasteiger partial charge in [-0.1, -0.05) is 41.6 Å². The van der Waals surface area contributed by atoms with E-state index in [0.717, 1.165) is 17.0 Å². The number of fused-ring (bicyclic) bond motifs is 1. The molecule has 2 aliphatic heterocycles. The molecule has 48 heavy (non-hydrogen) atoms. The molecule has 0 aliphatic carbocycles. The van der Waals surface area contributed by atoms with Crippen molar-refractivity contribution >= 4 is 11.6 Å². The first kappa shape index (κ1) is 30.9. The van der Waals surface area contributed by atoms with E-state index < -0.39 is 12.2 Å². The van der Waals surface area contributed by atoms with Gasteiger partial charge in [-0.3, -0.25) is 9.48 Å². The normalized spacial score (nSPS) is 20.1. The highest BCUT2D eigenvalue weighted by molar-refractivity contribution is 6.03. The van der Waals surface area contributed by atoms with Gasteiger partial charge in [-0.15, -0.1) is 5.10 Å². The molecule has 0 spiro atoms. The number of para-hydroxylation sites is 1. The number of phenols is 4. The zero-order chi connectivity index (χ0) is 33.4. The van der Waals surface area contributed by atoms with E-state index in [9.17, 15) is 25.2 Å². The molecule has 7 rings (SSSR count). The quantitative estimate of drug-likeness (QED) is 0.117. The van der Waals surface area contributed by atoms with Crippen LogP contribution in [0.15, 0.2) is 91.1 Å². The highest BCUT2D eigenvalue weighted by Gasteiger charge is 2.48. The Morgan fingerprint density at radius 2 is 1.67 bits per heavy atom. The molecule has 0 bridgehead atoms. The van der Waals surface area contributed by atoms with E-state index in [1.807, 2.05) is 59.5 Å². The summed E-state index contributed by atoms with van der Waals surface area (Å²) in [7, 11) is 1.62. The third-order valence-corrected chi connectivity index (χ3v) is 8.90. The molecule has 1 saturated heterocycles. The van der Waals surface area contributed by atoms with Gasteiger partial charge in [-0.25, -0.2) is 0 Å². The van der Waals surface area contributed by atoms with Gasteiger partial charge >= 0.3 is 0 Å². The van der Waals surface area contributed by atoms with Crippen molar-refractivity contribution in [3.63, 3.8) is 0 Å². The minimum Gasteiger partial charge on any atom is -0.508 e. The number of nitrogens with zero attached hydrogens (tertiary/aromatic N) is 4. The second kappa shape index (κ2) is 12.8. The first-order chi connectivity index (χ1) is 23.3. The smallest absolute Gasteiger partial charge is 0.233 e. The fraction of sp³-hybridized carbons (Fsp3) is 0.250. The summed E-state index contributed by atoms with van der Waals surface area (Å²) in [4.78, 5) is 15.3. The van der Waals surface area contributed by atoms with Crippen molar-refractivity contribution in [2.75, 3.05) is 12.0 Å². The first-order valence-corrected chi connectivity index (χ1v) is 15.5. The van der Waals surface area contributed by atoms with Crippen molar-refractivity contribution in [3.05, 3.63) is 114 Å². The van der Waals surface area contributed by atoms with Gasteiger partial charge in [0.25, 0.3) is 0 Å². The van der Waals surface area contributed by atoms with E-state index in [2.05, 4.69) is 10.3 Å². The molecule has 4 aromatic carbocycles. The van der Waals surface area contributed by atoms with Crippen LogP contribution in [0.5, 0.6) is 34.5 Å². The van der Waals surface area contributed by atoms with Crippen molar-refractivity contribution in [2.24, 2.45) is 5.92 Å². The number of aryl methyl sites for hydroxylation is 1. The number of benzene rings is 4. The molecular formula is C36H34N4O8. The molecule has 4 N–H and O–H groups in total. The van der Waals surface area contributed by atoms with Crippen LogP contribution in [-0.2, 0) is 29.1 Å². The molecule has 1 fully saturated rings. The number of aromatic hydroxyl groups is 4. The Labute approximate surface area is 276 Å². The summed E-state index contributed by atoms with van der Waals surface area (Å²) in [5, 5.41) is 49.0. The van der Waals surface area contributed by atoms with Crippen LogP contribution < -0.4 is 14.4 Å². The molecular weight excluding hydrogens is 616 g/mol. The predicted molar refractivity (Wildman–Crippen MR) is 173 cm³/mol. The van der Waals surface area contributed by atoms with Crippen LogP contribution in [0.4, 0.5) is 5.69 Å². The number of anilines is 1. The van der Waals surface area contributed by atoms with Gasteiger partial charge in [0, 0.05) is 36.3 Å². The number of hydrogen-bond donors (Lipinski definition) is 4. The van der Waals surface area contributed by atoms with Crippen LogP contribution in [0.2, 0.25) is 0 Å². The molecule has 246 valence electrons. The lowest BCUT2D eigenvalue weighted by Gasteiger charge is -2.47. The Bertz CT molecular complexity index is 1930. The number of carbonyl (C=O) groups is 1. The lowest BCUT2D eigenvalue weighted by Crippen LogP contribution is -2.55. The molecule has 0 saturated carbocycles. The van der Waals surface area contributed by atoms with Crippen molar-refractivity contribution in [2.45, 2.75) is 44.2 Å². The average Bonchev–Trinajstić information content (AvgIpc) is 3.55. The van der Waals surface area contributed by atoms with Gasteiger partial charge in [0.05, 0.1) is 31.9 Å². The standard InChI is InChI=1S/C36H34N4O8/c1-46-26-10-7-21(8-11-26)34-27(36(45)40(34)24-5-3-2-4-6-24)13-14-39-19-23(37-38-39)20-47-33-18-28-30(43)16-25(41)17-32(28)48-35(33)22-9-12-29(42)31(44)15-22/h2-12,15-17,19,27,33-35,41-44H,13-14,18,20H2,1H3/t27-,33+,34+,35+/m0/s1. The highest BCUT2D eigenvalue weighted by atomic mass is 16.5. The summed E-state index contributed by atoms with van der Waals surface area (Å²) in [6, 6.07) is 24.3. The molecule has 12 heteroatoms. The fourth-order valence-corrected chi connectivity index (χ4v) is 6.46. The van der Waals surface area contributed by atoms with E-state index in [-0.39, 0.29) is 53.9 Å². The molecule has 12 nitrogen and oxygen atoms in total. The zero-order valence-electron chi connectivity index (χ0n) is 26.0. The summed E-state index contributed by atoms with van der Waals surface area (Å²) in [5.74, 6) is -0.0263. The number of amides is 1. The summed E-state index contributed by atoms with van der Waals surface area (Å²) >= 11 is 0. The maximum absolute atomic E-state index is 13.5. The number of phenolic OH excluding ortho intramolecular Hbond substituents is 4. The Morgan fingerprint density at radius 1 is 0.896 bits per heavy atom. The third kappa shape index (κ3) is 5.93. The van der Waals surface area contributed by atoms with E-state index in [4.69, 9.17) is 14.2 Å². The molecule has 4 atom stereocenters. The molecule has 1 amide bonds. The largest absolute Gasteiger partial charge is 0.508 e. The summed E-state index contributed by atoms with van der Waals surface area (Å²) < 4.78 is 19.4.